The lowest BCUT2D eigenvalue weighted by Gasteiger charge is -2.08. The van der Waals surface area contributed by atoms with Gasteiger partial charge in [-0.25, -0.2) is 4.37 Å². The van der Waals surface area contributed by atoms with E-state index in [1.54, 1.807) is 11.5 Å². The predicted molar refractivity (Wildman–Crippen MR) is 54.8 cm³/mol. The summed E-state index contributed by atoms with van der Waals surface area (Å²) in [6, 6.07) is 2.05. The summed E-state index contributed by atoms with van der Waals surface area (Å²) < 4.78 is 4.04. The first-order valence-electron chi connectivity index (χ1n) is 3.93. The first-order valence-corrected chi connectivity index (χ1v) is 5.24. The highest BCUT2D eigenvalue weighted by Crippen LogP contribution is 2.16. The van der Waals surface area contributed by atoms with Gasteiger partial charge in [0, 0.05) is 17.0 Å². The molecule has 0 aromatic carbocycles. The molecule has 1 rings (SSSR count). The molecule has 1 nitrogen and oxygen atoms in total. The minimum absolute atomic E-state index is 0.518. The number of hydrogen-bond acceptors (Lipinski definition) is 2. The third kappa shape index (κ3) is 2.95. The van der Waals surface area contributed by atoms with Crippen LogP contribution in [-0.4, -0.2) is 10.3 Å². The third-order valence-corrected chi connectivity index (χ3v) is 2.90. The molecule has 0 saturated carbocycles. The van der Waals surface area contributed by atoms with E-state index in [1.165, 1.54) is 4.88 Å². The van der Waals surface area contributed by atoms with Crippen LogP contribution in [0.5, 0.6) is 0 Å². The monoisotopic (exact) mass is 201 g/mol. The molecule has 1 aromatic heterocycles. The predicted octanol–water partition coefficient (Wildman–Crippen LogP) is 3.12. The van der Waals surface area contributed by atoms with Gasteiger partial charge in [-0.1, -0.05) is 6.08 Å². The number of halogens is 1. The fourth-order valence-electron chi connectivity index (χ4n) is 1.07. The van der Waals surface area contributed by atoms with Gasteiger partial charge in [-0.2, -0.15) is 0 Å². The van der Waals surface area contributed by atoms with E-state index in [1.807, 2.05) is 18.3 Å². The Morgan fingerprint density at radius 2 is 2.58 bits per heavy atom. The second kappa shape index (κ2) is 5.33. The van der Waals surface area contributed by atoms with Crippen LogP contribution in [-0.2, 0) is 6.42 Å². The molecule has 0 radical (unpaired) electrons. The highest BCUT2D eigenvalue weighted by molar-refractivity contribution is 7.05. The van der Waals surface area contributed by atoms with Crippen molar-refractivity contribution in [2.24, 2.45) is 5.92 Å². The molecule has 0 fully saturated rings. The Kier molecular flexibility index (Phi) is 4.33. The number of aromatic nitrogens is 1. The van der Waals surface area contributed by atoms with Crippen LogP contribution in [0.15, 0.2) is 24.9 Å². The second-order valence-corrected chi connectivity index (χ2v) is 3.95. The fraction of sp³-hybridized carbons (Fsp3) is 0.444. The zero-order valence-electron chi connectivity index (χ0n) is 6.87. The standard InChI is InChI=1S/C9H12ClNS/c1-2-3-8(7-10)6-9-4-5-11-12-9/h2,4-5,8H,1,3,6-7H2. The summed E-state index contributed by atoms with van der Waals surface area (Å²) in [5.74, 6) is 1.22. The zero-order chi connectivity index (χ0) is 8.81. The van der Waals surface area contributed by atoms with Crippen molar-refractivity contribution in [3.63, 3.8) is 0 Å². The number of allylic oxidation sites excluding steroid dienone is 1. The fourth-order valence-corrected chi connectivity index (χ4v) is 1.99. The summed E-state index contributed by atoms with van der Waals surface area (Å²) in [4.78, 5) is 1.31. The van der Waals surface area contributed by atoms with E-state index in [4.69, 9.17) is 11.6 Å². The molecule has 12 heavy (non-hydrogen) atoms. The van der Waals surface area contributed by atoms with Crippen LogP contribution in [0.4, 0.5) is 0 Å². The molecule has 0 aliphatic carbocycles. The molecule has 1 unspecified atom stereocenters. The van der Waals surface area contributed by atoms with Crippen molar-refractivity contribution in [3.8, 4) is 0 Å². The summed E-state index contributed by atoms with van der Waals surface area (Å²) in [5.41, 5.74) is 0. The van der Waals surface area contributed by atoms with Gasteiger partial charge in [0.15, 0.2) is 0 Å². The second-order valence-electron chi connectivity index (χ2n) is 2.73. The molecule has 0 bridgehead atoms. The Morgan fingerprint density at radius 1 is 1.75 bits per heavy atom. The van der Waals surface area contributed by atoms with Crippen LogP contribution < -0.4 is 0 Å². The number of nitrogens with zero attached hydrogens (tertiary/aromatic N) is 1. The molecule has 1 atom stereocenters. The van der Waals surface area contributed by atoms with E-state index in [0.29, 0.717) is 11.8 Å². The van der Waals surface area contributed by atoms with Gasteiger partial charge in [0.25, 0.3) is 0 Å². The van der Waals surface area contributed by atoms with Gasteiger partial charge in [-0.05, 0) is 36.4 Å². The van der Waals surface area contributed by atoms with Crippen molar-refractivity contribution in [2.75, 3.05) is 5.88 Å². The van der Waals surface area contributed by atoms with E-state index in [9.17, 15) is 0 Å². The smallest absolute Gasteiger partial charge is 0.0409 e. The third-order valence-electron chi connectivity index (χ3n) is 1.70. The Bertz CT molecular complexity index is 220. The molecule has 3 heteroatoms. The molecule has 0 aliphatic heterocycles. The van der Waals surface area contributed by atoms with Crippen molar-refractivity contribution in [2.45, 2.75) is 12.8 Å². The van der Waals surface area contributed by atoms with Crippen LogP contribution in [0.2, 0.25) is 0 Å². The minimum Gasteiger partial charge on any atom is -0.201 e. The molecule has 66 valence electrons. The topological polar surface area (TPSA) is 12.9 Å². The van der Waals surface area contributed by atoms with E-state index < -0.39 is 0 Å². The van der Waals surface area contributed by atoms with E-state index in [0.717, 1.165) is 12.8 Å². The quantitative estimate of drug-likeness (QED) is 0.527. The zero-order valence-corrected chi connectivity index (χ0v) is 8.44. The van der Waals surface area contributed by atoms with Gasteiger partial charge in [-0.3, -0.25) is 0 Å². The Balaban J connectivity index is 2.42. The largest absolute Gasteiger partial charge is 0.201 e. The molecular formula is C9H12ClNS. The van der Waals surface area contributed by atoms with Gasteiger partial charge in [-0.15, -0.1) is 18.2 Å². The number of rotatable bonds is 5. The highest BCUT2D eigenvalue weighted by atomic mass is 35.5. The molecule has 0 spiro atoms. The Hall–Kier alpha value is -0.340. The van der Waals surface area contributed by atoms with Gasteiger partial charge in [0.1, 0.15) is 0 Å². The lowest BCUT2D eigenvalue weighted by Crippen LogP contribution is -2.03. The molecular weight excluding hydrogens is 190 g/mol. The maximum atomic E-state index is 5.80. The van der Waals surface area contributed by atoms with Crippen LogP contribution in [0.1, 0.15) is 11.3 Å². The van der Waals surface area contributed by atoms with Gasteiger partial charge < -0.3 is 0 Å². The molecule has 0 saturated heterocycles. The van der Waals surface area contributed by atoms with Crippen LogP contribution in [0.25, 0.3) is 0 Å². The molecule has 1 aromatic rings. The summed E-state index contributed by atoms with van der Waals surface area (Å²) in [6.45, 7) is 3.71. The van der Waals surface area contributed by atoms with Crippen molar-refractivity contribution in [1.29, 1.82) is 0 Å². The van der Waals surface area contributed by atoms with Crippen molar-refractivity contribution in [1.82, 2.24) is 4.37 Å². The number of alkyl halides is 1. The van der Waals surface area contributed by atoms with E-state index in [-0.39, 0.29) is 0 Å². The first-order chi connectivity index (χ1) is 5.86. The lowest BCUT2D eigenvalue weighted by molar-refractivity contribution is 0.603. The first kappa shape index (κ1) is 9.75. The molecule has 0 aliphatic rings. The van der Waals surface area contributed by atoms with Crippen LogP contribution >= 0.6 is 23.1 Å². The SMILES string of the molecule is C=CCC(CCl)Cc1ccns1. The minimum atomic E-state index is 0.518. The summed E-state index contributed by atoms with van der Waals surface area (Å²) in [5, 5.41) is 0. The van der Waals surface area contributed by atoms with Gasteiger partial charge in [0.05, 0.1) is 0 Å². The molecule has 0 amide bonds. The van der Waals surface area contributed by atoms with Crippen molar-refractivity contribution < 1.29 is 0 Å². The van der Waals surface area contributed by atoms with Crippen LogP contribution in [0.3, 0.4) is 0 Å². The number of hydrogen-bond donors (Lipinski definition) is 0. The maximum absolute atomic E-state index is 5.80. The summed E-state index contributed by atoms with van der Waals surface area (Å²) >= 11 is 7.35. The van der Waals surface area contributed by atoms with Crippen molar-refractivity contribution in [3.05, 3.63) is 29.8 Å². The van der Waals surface area contributed by atoms with Crippen LogP contribution in [0, 0.1) is 5.92 Å². The summed E-state index contributed by atoms with van der Waals surface area (Å²) in [6.07, 6.45) is 5.77. The molecule has 1 heterocycles. The van der Waals surface area contributed by atoms with Gasteiger partial charge >= 0.3 is 0 Å². The average Bonchev–Trinajstić information content (AvgIpc) is 2.56. The maximum Gasteiger partial charge on any atom is 0.0409 e. The normalized spacial score (nSPS) is 12.8. The van der Waals surface area contributed by atoms with E-state index >= 15 is 0 Å². The van der Waals surface area contributed by atoms with Crippen molar-refractivity contribution >= 4 is 23.1 Å². The van der Waals surface area contributed by atoms with Gasteiger partial charge in [0.2, 0.25) is 0 Å². The molecule has 0 N–H and O–H groups in total. The Morgan fingerprint density at radius 3 is 3.08 bits per heavy atom. The lowest BCUT2D eigenvalue weighted by atomic mass is 10.0. The summed E-state index contributed by atoms with van der Waals surface area (Å²) in [7, 11) is 0. The average molecular weight is 202 g/mol. The Labute approximate surface area is 82.2 Å². The van der Waals surface area contributed by atoms with E-state index in [2.05, 4.69) is 11.0 Å². The highest BCUT2D eigenvalue weighted by Gasteiger charge is 2.07.